The Morgan fingerprint density at radius 1 is 1.38 bits per heavy atom. The number of rotatable bonds is 4. The summed E-state index contributed by atoms with van der Waals surface area (Å²) in [6, 6.07) is -0.516. The molecule has 0 spiro atoms. The number of nitrogens with one attached hydrogen (secondary N) is 2. The number of alkyl halides is 4. The molecule has 9 heteroatoms. The van der Waals surface area contributed by atoms with Crippen molar-refractivity contribution < 1.29 is 22.4 Å². The number of nitrogens with zero attached hydrogens (tertiary/aromatic N) is 1. The van der Waals surface area contributed by atoms with Crippen LogP contribution in [0.25, 0.3) is 0 Å². The number of halogens is 5. The standard InChI is InChI=1S/C12H19F4N3O.ClH/c13-9-3-10(17-5-9)11(20)18-4-8-1-2-19(6-8)7-12(14,15)16;/h8-10,17H,1-7H2,(H,18,20);1H/t8?,9-,10+;/m1./s1. The number of likely N-dealkylation sites (tertiary alicyclic amines) is 1. The van der Waals surface area contributed by atoms with E-state index in [1.807, 2.05) is 0 Å². The van der Waals surface area contributed by atoms with Gasteiger partial charge >= 0.3 is 6.18 Å². The quantitative estimate of drug-likeness (QED) is 0.758. The second kappa shape index (κ2) is 7.60. The van der Waals surface area contributed by atoms with Crippen LogP contribution in [0.4, 0.5) is 17.6 Å². The van der Waals surface area contributed by atoms with Gasteiger partial charge in [-0.25, -0.2) is 4.39 Å². The molecule has 2 aliphatic rings. The van der Waals surface area contributed by atoms with Crippen LogP contribution in [-0.2, 0) is 4.79 Å². The normalized spacial score (nSPS) is 30.2. The van der Waals surface area contributed by atoms with E-state index in [9.17, 15) is 22.4 Å². The number of carbonyl (C=O) groups is 1. The molecule has 0 bridgehead atoms. The molecule has 0 aromatic heterocycles. The molecule has 1 unspecified atom stereocenters. The third kappa shape index (κ3) is 5.96. The first-order valence-corrected chi connectivity index (χ1v) is 6.78. The van der Waals surface area contributed by atoms with Gasteiger partial charge in [-0.05, 0) is 18.9 Å². The van der Waals surface area contributed by atoms with Crippen LogP contribution in [0.1, 0.15) is 12.8 Å². The summed E-state index contributed by atoms with van der Waals surface area (Å²) in [7, 11) is 0. The van der Waals surface area contributed by atoms with Gasteiger partial charge in [0.15, 0.2) is 0 Å². The van der Waals surface area contributed by atoms with Crippen molar-refractivity contribution >= 4 is 18.3 Å². The molecule has 0 aliphatic carbocycles. The van der Waals surface area contributed by atoms with E-state index >= 15 is 0 Å². The predicted octanol–water partition coefficient (Wildman–Crippen LogP) is 1.11. The summed E-state index contributed by atoms with van der Waals surface area (Å²) in [6.45, 7) is 0.367. The highest BCUT2D eigenvalue weighted by Crippen LogP contribution is 2.22. The molecule has 4 nitrogen and oxygen atoms in total. The van der Waals surface area contributed by atoms with E-state index < -0.39 is 24.9 Å². The lowest BCUT2D eigenvalue weighted by Gasteiger charge is -2.18. The van der Waals surface area contributed by atoms with Gasteiger partial charge in [0.25, 0.3) is 0 Å². The Balaban J connectivity index is 0.00000220. The first-order valence-electron chi connectivity index (χ1n) is 6.78. The zero-order valence-corrected chi connectivity index (χ0v) is 12.3. The lowest BCUT2D eigenvalue weighted by Crippen LogP contribution is -2.42. The fraction of sp³-hybridized carbons (Fsp3) is 0.917. The van der Waals surface area contributed by atoms with E-state index in [4.69, 9.17) is 0 Å². The summed E-state index contributed by atoms with van der Waals surface area (Å²) in [5.74, 6) is -0.233. The van der Waals surface area contributed by atoms with Crippen molar-refractivity contribution in [3.63, 3.8) is 0 Å². The number of carbonyl (C=O) groups excluding carboxylic acids is 1. The van der Waals surface area contributed by atoms with Crippen molar-refractivity contribution in [2.24, 2.45) is 5.92 Å². The molecular formula is C12H20ClF4N3O. The van der Waals surface area contributed by atoms with Crippen LogP contribution in [0.3, 0.4) is 0 Å². The van der Waals surface area contributed by atoms with E-state index in [0.29, 0.717) is 26.1 Å². The highest BCUT2D eigenvalue weighted by Gasteiger charge is 2.35. The van der Waals surface area contributed by atoms with E-state index in [0.717, 1.165) is 0 Å². The molecule has 2 heterocycles. The topological polar surface area (TPSA) is 44.4 Å². The highest BCUT2D eigenvalue weighted by atomic mass is 35.5. The molecule has 0 aromatic rings. The van der Waals surface area contributed by atoms with Crippen LogP contribution in [0, 0.1) is 5.92 Å². The Hall–Kier alpha value is -0.600. The van der Waals surface area contributed by atoms with E-state index in [-0.39, 0.29) is 37.2 Å². The molecular weight excluding hydrogens is 314 g/mol. The summed E-state index contributed by atoms with van der Waals surface area (Å²) >= 11 is 0. The minimum atomic E-state index is -4.18. The van der Waals surface area contributed by atoms with E-state index in [1.54, 1.807) is 0 Å². The van der Waals surface area contributed by atoms with Gasteiger partial charge in [-0.2, -0.15) is 13.2 Å². The van der Waals surface area contributed by atoms with E-state index in [1.165, 1.54) is 4.90 Å². The van der Waals surface area contributed by atoms with E-state index in [2.05, 4.69) is 10.6 Å². The zero-order chi connectivity index (χ0) is 14.8. The summed E-state index contributed by atoms with van der Waals surface area (Å²) in [4.78, 5) is 13.1. The van der Waals surface area contributed by atoms with Crippen LogP contribution >= 0.6 is 12.4 Å². The first-order chi connectivity index (χ1) is 9.33. The fourth-order valence-electron chi connectivity index (χ4n) is 2.74. The summed E-state index contributed by atoms with van der Waals surface area (Å²) in [6.07, 6.45) is -4.38. The third-order valence-electron chi connectivity index (χ3n) is 3.73. The lowest BCUT2D eigenvalue weighted by atomic mass is 10.1. The molecule has 2 fully saturated rings. The molecule has 2 rings (SSSR count). The van der Waals surface area contributed by atoms with Gasteiger partial charge in [0, 0.05) is 26.1 Å². The van der Waals surface area contributed by atoms with Crippen LogP contribution in [0.2, 0.25) is 0 Å². The zero-order valence-electron chi connectivity index (χ0n) is 11.5. The molecule has 0 saturated carbocycles. The maximum atomic E-state index is 12.9. The maximum absolute atomic E-state index is 12.9. The summed E-state index contributed by atoms with van der Waals surface area (Å²) < 4.78 is 49.6. The highest BCUT2D eigenvalue weighted by molar-refractivity contribution is 5.85. The van der Waals surface area contributed by atoms with Crippen LogP contribution < -0.4 is 10.6 Å². The van der Waals surface area contributed by atoms with Crippen LogP contribution in [0.5, 0.6) is 0 Å². The Bertz CT molecular complexity index is 356. The van der Waals surface area contributed by atoms with Crippen molar-refractivity contribution in [1.82, 2.24) is 15.5 Å². The average molecular weight is 334 g/mol. The molecule has 124 valence electrons. The van der Waals surface area contributed by atoms with Gasteiger partial charge in [0.05, 0.1) is 12.6 Å². The maximum Gasteiger partial charge on any atom is 0.401 e. The number of hydrogen-bond acceptors (Lipinski definition) is 3. The van der Waals surface area contributed by atoms with Crippen molar-refractivity contribution in [3.8, 4) is 0 Å². The Morgan fingerprint density at radius 3 is 2.67 bits per heavy atom. The average Bonchev–Trinajstić information content (AvgIpc) is 2.93. The summed E-state index contributed by atoms with van der Waals surface area (Å²) in [5, 5.41) is 5.47. The number of amides is 1. The SMILES string of the molecule is Cl.O=C(NCC1CCN(CC(F)(F)F)C1)[C@@H]1C[C@@H](F)CN1. The van der Waals surface area contributed by atoms with Crippen LogP contribution in [0.15, 0.2) is 0 Å². The number of hydrogen-bond donors (Lipinski definition) is 2. The molecule has 0 aromatic carbocycles. The lowest BCUT2D eigenvalue weighted by molar-refractivity contribution is -0.143. The Labute approximate surface area is 127 Å². The third-order valence-corrected chi connectivity index (χ3v) is 3.73. The minimum Gasteiger partial charge on any atom is -0.354 e. The second-order valence-electron chi connectivity index (χ2n) is 5.54. The van der Waals surface area contributed by atoms with Gasteiger partial charge in [-0.3, -0.25) is 9.69 Å². The first kappa shape index (κ1) is 18.4. The van der Waals surface area contributed by atoms with Crippen LogP contribution in [-0.4, -0.2) is 61.9 Å². The molecule has 3 atom stereocenters. The van der Waals surface area contributed by atoms with Crippen molar-refractivity contribution in [2.75, 3.05) is 32.7 Å². The minimum absolute atomic E-state index is 0. The molecule has 0 radical (unpaired) electrons. The van der Waals surface area contributed by atoms with Crippen molar-refractivity contribution in [1.29, 1.82) is 0 Å². The smallest absolute Gasteiger partial charge is 0.354 e. The van der Waals surface area contributed by atoms with Crippen molar-refractivity contribution in [3.05, 3.63) is 0 Å². The largest absolute Gasteiger partial charge is 0.401 e. The van der Waals surface area contributed by atoms with Crippen molar-refractivity contribution in [2.45, 2.75) is 31.2 Å². The molecule has 2 aliphatic heterocycles. The molecule has 2 N–H and O–H groups in total. The van der Waals surface area contributed by atoms with Gasteiger partial charge in [-0.1, -0.05) is 0 Å². The van der Waals surface area contributed by atoms with Gasteiger partial charge < -0.3 is 10.6 Å². The second-order valence-corrected chi connectivity index (χ2v) is 5.54. The Kier molecular flexibility index (Phi) is 6.68. The fourth-order valence-corrected chi connectivity index (χ4v) is 2.74. The van der Waals surface area contributed by atoms with Gasteiger partial charge in [0.2, 0.25) is 5.91 Å². The monoisotopic (exact) mass is 333 g/mol. The predicted molar refractivity (Wildman–Crippen MR) is 72.2 cm³/mol. The molecule has 21 heavy (non-hydrogen) atoms. The summed E-state index contributed by atoms with van der Waals surface area (Å²) in [5.41, 5.74) is 0. The van der Waals surface area contributed by atoms with Gasteiger partial charge in [-0.15, -0.1) is 12.4 Å². The van der Waals surface area contributed by atoms with Gasteiger partial charge in [0.1, 0.15) is 6.17 Å². The molecule has 2 saturated heterocycles. The Morgan fingerprint density at radius 2 is 2.10 bits per heavy atom. The molecule has 1 amide bonds.